The molecule has 1 fully saturated rings. The van der Waals surface area contributed by atoms with E-state index in [2.05, 4.69) is 10.0 Å². The highest BCUT2D eigenvalue weighted by atomic mass is 35.5. The van der Waals surface area contributed by atoms with E-state index in [0.29, 0.717) is 54.3 Å². The molecule has 0 atom stereocenters. The van der Waals surface area contributed by atoms with Crippen molar-refractivity contribution < 1.29 is 17.6 Å². The van der Waals surface area contributed by atoms with Gasteiger partial charge in [0, 0.05) is 40.6 Å². The van der Waals surface area contributed by atoms with Crippen molar-refractivity contribution >= 4 is 39.3 Å². The van der Waals surface area contributed by atoms with Crippen molar-refractivity contribution in [2.24, 2.45) is 5.92 Å². The average molecular weight is 451 g/mol. The summed E-state index contributed by atoms with van der Waals surface area (Å²) in [5, 5.41) is 2.89. The van der Waals surface area contributed by atoms with Crippen molar-refractivity contribution in [1.82, 2.24) is 10.0 Å². The van der Waals surface area contributed by atoms with Gasteiger partial charge in [-0.25, -0.2) is 17.5 Å². The van der Waals surface area contributed by atoms with Crippen LogP contribution in [-0.2, 0) is 20.6 Å². The number of carbonyl (C=O) groups is 1. The maximum Gasteiger partial charge on any atom is 0.223 e. The quantitative estimate of drug-likeness (QED) is 0.562. The molecule has 9 heteroatoms. The molecule has 2 rings (SSSR count). The van der Waals surface area contributed by atoms with Gasteiger partial charge in [-0.15, -0.1) is 0 Å². The van der Waals surface area contributed by atoms with E-state index in [0.717, 1.165) is 0 Å². The van der Waals surface area contributed by atoms with Gasteiger partial charge in [0.25, 0.3) is 0 Å². The van der Waals surface area contributed by atoms with Gasteiger partial charge in [-0.1, -0.05) is 17.7 Å². The zero-order valence-electron chi connectivity index (χ0n) is 16.2. The molecule has 0 saturated heterocycles. The molecule has 1 aliphatic rings. The summed E-state index contributed by atoms with van der Waals surface area (Å²) in [7, 11) is -3.27. The maximum atomic E-state index is 13.7. The lowest BCUT2D eigenvalue weighted by Gasteiger charge is -2.28. The number of amides is 1. The first kappa shape index (κ1) is 23.4. The summed E-state index contributed by atoms with van der Waals surface area (Å²) >= 11 is 7.51. The summed E-state index contributed by atoms with van der Waals surface area (Å²) in [5.41, 5.74) is 0.489. The molecule has 2 N–H and O–H groups in total. The van der Waals surface area contributed by atoms with Gasteiger partial charge in [-0.05, 0) is 51.7 Å². The van der Waals surface area contributed by atoms with Crippen LogP contribution in [0.1, 0.15) is 45.1 Å². The maximum absolute atomic E-state index is 13.7. The molecule has 1 aliphatic carbocycles. The summed E-state index contributed by atoms with van der Waals surface area (Å²) in [6, 6.07) is 4.55. The van der Waals surface area contributed by atoms with Crippen LogP contribution in [0.5, 0.6) is 0 Å². The summed E-state index contributed by atoms with van der Waals surface area (Å²) in [4.78, 5) is 12.3. The minimum Gasteiger partial charge on any atom is -0.355 e. The normalized spacial score (nSPS) is 20.3. The van der Waals surface area contributed by atoms with E-state index in [1.165, 1.54) is 17.8 Å². The third kappa shape index (κ3) is 6.90. The van der Waals surface area contributed by atoms with Gasteiger partial charge >= 0.3 is 0 Å². The van der Waals surface area contributed by atoms with Crippen LogP contribution >= 0.6 is 23.4 Å². The molecule has 28 heavy (non-hydrogen) atoms. The van der Waals surface area contributed by atoms with Gasteiger partial charge in [-0.2, -0.15) is 11.8 Å². The van der Waals surface area contributed by atoms with E-state index in [-0.39, 0.29) is 23.7 Å². The molecule has 1 amide bonds. The second kappa shape index (κ2) is 10.8. The molecule has 0 radical (unpaired) electrons. The molecular formula is C19H28ClFN2O3S2. The Labute approximate surface area is 176 Å². The zero-order valence-corrected chi connectivity index (χ0v) is 18.6. The largest absolute Gasteiger partial charge is 0.355 e. The van der Waals surface area contributed by atoms with Gasteiger partial charge in [-0.3, -0.25) is 4.79 Å². The first-order valence-electron chi connectivity index (χ1n) is 9.50. The van der Waals surface area contributed by atoms with E-state index in [4.69, 9.17) is 11.6 Å². The number of rotatable bonds is 9. The van der Waals surface area contributed by atoms with Crippen molar-refractivity contribution in [3.8, 4) is 0 Å². The lowest BCUT2D eigenvalue weighted by atomic mass is 9.86. The van der Waals surface area contributed by atoms with E-state index in [9.17, 15) is 17.6 Å². The van der Waals surface area contributed by atoms with Crippen molar-refractivity contribution in [1.29, 1.82) is 0 Å². The lowest BCUT2D eigenvalue weighted by molar-refractivity contribution is -0.125. The Balaban J connectivity index is 1.65. The number of thioether (sulfide) groups is 1. The summed E-state index contributed by atoms with van der Waals surface area (Å²) in [6.45, 7) is 3.81. The molecule has 158 valence electrons. The number of benzene rings is 1. The van der Waals surface area contributed by atoms with Crippen LogP contribution < -0.4 is 10.0 Å². The van der Waals surface area contributed by atoms with Gasteiger partial charge in [0.05, 0.1) is 5.25 Å². The van der Waals surface area contributed by atoms with Crippen molar-refractivity contribution in [2.45, 2.75) is 56.6 Å². The number of hydrogen-bond donors (Lipinski definition) is 2. The van der Waals surface area contributed by atoms with Gasteiger partial charge in [0.1, 0.15) is 5.82 Å². The highest BCUT2D eigenvalue weighted by molar-refractivity contribution is 7.98. The third-order valence-electron chi connectivity index (χ3n) is 4.90. The summed E-state index contributed by atoms with van der Waals surface area (Å²) in [5.74, 6) is 0.747. The van der Waals surface area contributed by atoms with Crippen LogP contribution in [0.15, 0.2) is 18.2 Å². The average Bonchev–Trinajstić information content (AvgIpc) is 2.63. The van der Waals surface area contributed by atoms with E-state index in [1.54, 1.807) is 26.0 Å². The molecule has 0 aromatic heterocycles. The Kier molecular flexibility index (Phi) is 9.05. The molecule has 1 aromatic carbocycles. The molecule has 0 bridgehead atoms. The molecule has 5 nitrogen and oxygen atoms in total. The fraction of sp³-hybridized carbons (Fsp3) is 0.632. The second-order valence-corrected chi connectivity index (χ2v) is 11.1. The van der Waals surface area contributed by atoms with E-state index in [1.807, 2.05) is 0 Å². The molecule has 1 aromatic rings. The Morgan fingerprint density at radius 2 is 1.96 bits per heavy atom. The number of nitrogens with one attached hydrogen (secondary N) is 2. The molecule has 0 aliphatic heterocycles. The fourth-order valence-corrected chi connectivity index (χ4v) is 5.25. The second-order valence-electron chi connectivity index (χ2n) is 7.30. The minimum atomic E-state index is -3.27. The van der Waals surface area contributed by atoms with Crippen LogP contribution in [0, 0.1) is 11.7 Å². The SMILES string of the molecule is CC(C)S(=O)(=O)NC1CCC(C(=O)NCCSCc2c(F)cccc2Cl)CC1. The predicted molar refractivity (Wildman–Crippen MR) is 114 cm³/mol. The van der Waals surface area contributed by atoms with E-state index < -0.39 is 15.3 Å². The highest BCUT2D eigenvalue weighted by Crippen LogP contribution is 2.26. The van der Waals surface area contributed by atoms with Crippen LogP contribution in [0.25, 0.3) is 0 Å². The third-order valence-corrected chi connectivity index (χ3v) is 8.15. The Hall–Kier alpha value is -0.830. The van der Waals surface area contributed by atoms with Crippen LogP contribution in [0.4, 0.5) is 4.39 Å². The lowest BCUT2D eigenvalue weighted by Crippen LogP contribution is -2.43. The Bertz CT molecular complexity index is 746. The monoisotopic (exact) mass is 450 g/mol. The minimum absolute atomic E-state index is 0.00897. The number of carbonyl (C=O) groups excluding carboxylic acids is 1. The van der Waals surface area contributed by atoms with E-state index >= 15 is 0 Å². The van der Waals surface area contributed by atoms with Crippen LogP contribution in [0.3, 0.4) is 0 Å². The first-order valence-corrected chi connectivity index (χ1v) is 12.6. The predicted octanol–water partition coefficient (Wildman–Crippen LogP) is 3.72. The molecular weight excluding hydrogens is 423 g/mol. The fourth-order valence-electron chi connectivity index (χ4n) is 3.08. The highest BCUT2D eigenvalue weighted by Gasteiger charge is 2.29. The van der Waals surface area contributed by atoms with Gasteiger partial charge in [0.2, 0.25) is 15.9 Å². The number of hydrogen-bond acceptors (Lipinski definition) is 4. The Morgan fingerprint density at radius 1 is 1.29 bits per heavy atom. The van der Waals surface area contributed by atoms with Crippen molar-refractivity contribution in [3.63, 3.8) is 0 Å². The molecule has 0 unspecified atom stereocenters. The first-order chi connectivity index (χ1) is 13.2. The number of sulfonamides is 1. The van der Waals surface area contributed by atoms with Crippen LogP contribution in [0.2, 0.25) is 5.02 Å². The zero-order chi connectivity index (χ0) is 20.7. The molecule has 0 heterocycles. The topological polar surface area (TPSA) is 75.3 Å². The van der Waals surface area contributed by atoms with Gasteiger partial charge in [0.15, 0.2) is 0 Å². The van der Waals surface area contributed by atoms with Crippen LogP contribution in [-0.4, -0.2) is 37.9 Å². The van der Waals surface area contributed by atoms with Crippen molar-refractivity contribution in [2.75, 3.05) is 12.3 Å². The standard InChI is InChI=1S/C19H28ClFN2O3S2/c1-13(2)28(25,26)23-15-8-6-14(7-9-15)19(24)22-10-11-27-12-16-17(20)4-3-5-18(16)21/h3-5,13-15,23H,6-12H2,1-2H3,(H,22,24). The molecule has 0 spiro atoms. The smallest absolute Gasteiger partial charge is 0.223 e. The number of halogens is 2. The summed E-state index contributed by atoms with van der Waals surface area (Å²) in [6.07, 6.45) is 2.69. The van der Waals surface area contributed by atoms with Gasteiger partial charge < -0.3 is 5.32 Å². The summed E-state index contributed by atoms with van der Waals surface area (Å²) < 4.78 is 40.3. The van der Waals surface area contributed by atoms with Crippen molar-refractivity contribution in [3.05, 3.63) is 34.6 Å². The molecule has 1 saturated carbocycles. The Morgan fingerprint density at radius 3 is 2.57 bits per heavy atom.